The van der Waals surface area contributed by atoms with Gasteiger partial charge >= 0.3 is 5.63 Å². The summed E-state index contributed by atoms with van der Waals surface area (Å²) in [4.78, 5) is 14.5. The maximum atomic E-state index is 12.2. The van der Waals surface area contributed by atoms with Crippen LogP contribution in [0, 0.1) is 0 Å². The summed E-state index contributed by atoms with van der Waals surface area (Å²) in [5, 5.41) is 13.9. The highest BCUT2D eigenvalue weighted by Gasteiger charge is 2.15. The minimum absolute atomic E-state index is 0.215. The molecule has 2 heterocycles. The van der Waals surface area contributed by atoms with Gasteiger partial charge in [-0.2, -0.15) is 0 Å². The van der Waals surface area contributed by atoms with Crippen molar-refractivity contribution in [1.82, 2.24) is 10.2 Å². The lowest BCUT2D eigenvalue weighted by atomic mass is 9.99. The molecule has 134 valence electrons. The molecule has 0 amide bonds. The van der Waals surface area contributed by atoms with E-state index >= 15 is 0 Å². The first-order valence-corrected chi connectivity index (χ1v) is 8.55. The number of fused-ring (bicyclic) bond motifs is 1. The Morgan fingerprint density at radius 3 is 2.92 bits per heavy atom. The topological polar surface area (TPSA) is 74.9 Å². The monoisotopic (exact) mass is 344 g/mol. The smallest absolute Gasteiger partial charge is 0.344 e. The van der Waals surface area contributed by atoms with Crippen LogP contribution in [-0.4, -0.2) is 49.3 Å². The van der Waals surface area contributed by atoms with Gasteiger partial charge in [0.2, 0.25) is 0 Å². The number of nitrogens with zero attached hydrogens (tertiary/aromatic N) is 1. The van der Waals surface area contributed by atoms with E-state index in [9.17, 15) is 9.90 Å². The zero-order valence-electron chi connectivity index (χ0n) is 14.3. The predicted molar refractivity (Wildman–Crippen MR) is 97.5 cm³/mol. The molecule has 2 N–H and O–H groups in total. The second kappa shape index (κ2) is 7.72. The summed E-state index contributed by atoms with van der Waals surface area (Å²) in [7, 11) is 0. The van der Waals surface area contributed by atoms with Crippen LogP contribution in [-0.2, 0) is 11.2 Å². The van der Waals surface area contributed by atoms with Gasteiger partial charge in [0.15, 0.2) is 0 Å². The summed E-state index contributed by atoms with van der Waals surface area (Å²) in [5.41, 5.74) is 0.346. The zero-order valence-corrected chi connectivity index (χ0v) is 14.3. The van der Waals surface area contributed by atoms with Crippen molar-refractivity contribution in [1.29, 1.82) is 0 Å². The first-order valence-electron chi connectivity index (χ1n) is 8.55. The highest BCUT2D eigenvalue weighted by Crippen LogP contribution is 2.17. The quantitative estimate of drug-likeness (QED) is 0.739. The first kappa shape index (κ1) is 17.5. The summed E-state index contributed by atoms with van der Waals surface area (Å²) in [6.07, 6.45) is 4.18. The molecular formula is C19H24N2O4. The van der Waals surface area contributed by atoms with Crippen LogP contribution in [0.25, 0.3) is 18.7 Å². The fourth-order valence-electron chi connectivity index (χ4n) is 3.11. The van der Waals surface area contributed by atoms with Gasteiger partial charge in [-0.1, -0.05) is 13.2 Å². The van der Waals surface area contributed by atoms with Crippen LogP contribution in [0.2, 0.25) is 0 Å². The van der Waals surface area contributed by atoms with Gasteiger partial charge in [-0.25, -0.2) is 4.79 Å². The number of allylic oxidation sites excluding steroid dienone is 2. The SMILES string of the molecule is C=C(/C=c1/c(=O)oc2c(c1=C)CCC(O)=C2)OCCN1CCNCC1. The van der Waals surface area contributed by atoms with Crippen molar-refractivity contribution in [3.05, 3.63) is 50.3 Å². The molecule has 1 aliphatic heterocycles. The molecule has 1 aliphatic carbocycles. The van der Waals surface area contributed by atoms with E-state index < -0.39 is 5.63 Å². The highest BCUT2D eigenvalue weighted by atomic mass is 16.5. The molecule has 25 heavy (non-hydrogen) atoms. The van der Waals surface area contributed by atoms with Gasteiger partial charge in [0.25, 0.3) is 0 Å². The van der Waals surface area contributed by atoms with Crippen molar-refractivity contribution < 1.29 is 14.3 Å². The van der Waals surface area contributed by atoms with E-state index in [2.05, 4.69) is 23.4 Å². The standard InChI is InChI=1S/C19H24N2O4/c1-13(24-10-9-21-7-5-20-6-8-21)11-17-14(2)16-4-3-15(22)12-18(16)25-19(17)23/h11-12,20,22H,1-10H2/b17-11+. The Kier molecular flexibility index (Phi) is 5.40. The van der Waals surface area contributed by atoms with Crippen molar-refractivity contribution >= 4 is 18.7 Å². The second-order valence-corrected chi connectivity index (χ2v) is 6.31. The molecule has 0 spiro atoms. The maximum Gasteiger partial charge on any atom is 0.344 e. The number of hydrogen-bond acceptors (Lipinski definition) is 6. The minimum Gasteiger partial charge on any atom is -0.512 e. The Morgan fingerprint density at radius 2 is 2.16 bits per heavy atom. The third-order valence-corrected chi connectivity index (χ3v) is 4.55. The summed E-state index contributed by atoms with van der Waals surface area (Å²) in [6.45, 7) is 13.3. The molecular weight excluding hydrogens is 320 g/mol. The molecule has 0 radical (unpaired) electrons. The number of aliphatic hydroxyl groups excluding tert-OH is 1. The molecule has 2 aliphatic rings. The van der Waals surface area contributed by atoms with Gasteiger partial charge in [-0.05, 0) is 17.7 Å². The number of nitrogens with one attached hydrogen (secondary N) is 1. The molecule has 0 unspecified atom stereocenters. The molecule has 1 fully saturated rings. The Labute approximate surface area is 146 Å². The molecule has 0 atom stereocenters. The number of ether oxygens (including phenoxy) is 1. The lowest BCUT2D eigenvalue weighted by Crippen LogP contribution is -2.44. The van der Waals surface area contributed by atoms with E-state index in [0.29, 0.717) is 41.4 Å². The summed E-state index contributed by atoms with van der Waals surface area (Å²) < 4.78 is 11.0. The largest absolute Gasteiger partial charge is 0.512 e. The van der Waals surface area contributed by atoms with Gasteiger partial charge in [0.05, 0.1) is 11.0 Å². The zero-order chi connectivity index (χ0) is 17.8. The number of hydrogen-bond donors (Lipinski definition) is 2. The van der Waals surface area contributed by atoms with Crippen LogP contribution < -0.4 is 21.4 Å². The Morgan fingerprint density at radius 1 is 1.40 bits per heavy atom. The van der Waals surface area contributed by atoms with Gasteiger partial charge in [0.1, 0.15) is 18.1 Å². The van der Waals surface area contributed by atoms with Crippen molar-refractivity contribution in [3.8, 4) is 0 Å². The number of aliphatic hydroxyl groups is 1. The molecule has 0 saturated carbocycles. The van der Waals surface area contributed by atoms with Gasteiger partial charge in [0, 0.05) is 50.8 Å². The van der Waals surface area contributed by atoms with E-state index in [-0.39, 0.29) is 5.76 Å². The van der Waals surface area contributed by atoms with E-state index in [1.807, 2.05) is 0 Å². The van der Waals surface area contributed by atoms with Crippen LogP contribution in [0.5, 0.6) is 0 Å². The molecule has 1 aromatic heterocycles. The van der Waals surface area contributed by atoms with Gasteiger partial charge < -0.3 is 19.6 Å². The van der Waals surface area contributed by atoms with Crippen LogP contribution >= 0.6 is 0 Å². The predicted octanol–water partition coefficient (Wildman–Crippen LogP) is 0.111. The number of rotatable bonds is 5. The van der Waals surface area contributed by atoms with Gasteiger partial charge in [-0.3, -0.25) is 4.90 Å². The van der Waals surface area contributed by atoms with E-state index in [1.165, 1.54) is 6.08 Å². The molecule has 0 bridgehead atoms. The Balaban J connectivity index is 1.71. The van der Waals surface area contributed by atoms with Gasteiger partial charge in [-0.15, -0.1) is 0 Å². The Bertz CT molecular complexity index is 847. The average Bonchev–Trinajstić information content (AvgIpc) is 2.59. The molecule has 6 heteroatoms. The summed E-state index contributed by atoms with van der Waals surface area (Å²) in [6, 6.07) is 0. The number of piperazine rings is 1. The fraction of sp³-hybridized carbons (Fsp3) is 0.421. The normalized spacial score (nSPS) is 18.6. The molecule has 0 aromatic carbocycles. The third kappa shape index (κ3) is 4.21. The van der Waals surface area contributed by atoms with E-state index in [1.54, 1.807) is 6.08 Å². The minimum atomic E-state index is -0.499. The van der Waals surface area contributed by atoms with Crippen LogP contribution in [0.15, 0.2) is 27.3 Å². The summed E-state index contributed by atoms with van der Waals surface area (Å²) >= 11 is 0. The lowest BCUT2D eigenvalue weighted by molar-refractivity contribution is 0.157. The second-order valence-electron chi connectivity index (χ2n) is 6.31. The van der Waals surface area contributed by atoms with E-state index in [0.717, 1.165) is 38.3 Å². The highest BCUT2D eigenvalue weighted by molar-refractivity contribution is 5.54. The summed E-state index contributed by atoms with van der Waals surface area (Å²) in [5.74, 6) is 1.02. The maximum absolute atomic E-state index is 12.2. The first-order chi connectivity index (χ1) is 12.0. The molecule has 1 saturated heterocycles. The molecule has 6 nitrogen and oxygen atoms in total. The van der Waals surface area contributed by atoms with Crippen LogP contribution in [0.1, 0.15) is 17.7 Å². The van der Waals surface area contributed by atoms with Crippen molar-refractivity contribution in [2.24, 2.45) is 0 Å². The van der Waals surface area contributed by atoms with Crippen LogP contribution in [0.4, 0.5) is 0 Å². The Hall–Kier alpha value is -2.31. The van der Waals surface area contributed by atoms with Crippen molar-refractivity contribution in [2.45, 2.75) is 12.8 Å². The molecule has 1 aromatic rings. The van der Waals surface area contributed by atoms with Crippen molar-refractivity contribution in [2.75, 3.05) is 39.3 Å². The van der Waals surface area contributed by atoms with E-state index in [4.69, 9.17) is 9.15 Å². The molecule has 3 rings (SSSR count). The fourth-order valence-corrected chi connectivity index (χ4v) is 3.11. The third-order valence-electron chi connectivity index (χ3n) is 4.55. The lowest BCUT2D eigenvalue weighted by Gasteiger charge is -2.26. The van der Waals surface area contributed by atoms with Crippen LogP contribution in [0.3, 0.4) is 0 Å². The average molecular weight is 344 g/mol. The van der Waals surface area contributed by atoms with Crippen molar-refractivity contribution in [3.63, 3.8) is 0 Å².